The first-order valence-electron chi connectivity index (χ1n) is 9.55. The van der Waals surface area contributed by atoms with Gasteiger partial charge in [0.05, 0.1) is 19.4 Å². The number of anilines is 1. The molecule has 1 fully saturated rings. The predicted molar refractivity (Wildman–Crippen MR) is 112 cm³/mol. The van der Waals surface area contributed by atoms with Gasteiger partial charge in [-0.2, -0.15) is 0 Å². The first-order chi connectivity index (χ1) is 13.7. The molecule has 28 heavy (non-hydrogen) atoms. The van der Waals surface area contributed by atoms with E-state index in [1.165, 1.54) is 5.69 Å². The van der Waals surface area contributed by atoms with Crippen molar-refractivity contribution in [2.45, 2.75) is 6.42 Å². The molecule has 4 rings (SSSR count). The molecule has 147 valence electrons. The molecule has 0 atom stereocenters. The number of rotatable bonds is 7. The molecule has 1 aliphatic rings. The highest BCUT2D eigenvalue weighted by molar-refractivity contribution is 7.17. The molecule has 0 amide bonds. The minimum absolute atomic E-state index is 0.167. The Morgan fingerprint density at radius 1 is 1.14 bits per heavy atom. The fraction of sp³-hybridized carbons (Fsp3) is 0.364. The lowest BCUT2D eigenvalue weighted by molar-refractivity contribution is 0.221. The Morgan fingerprint density at radius 2 is 2.00 bits per heavy atom. The average molecular weight is 400 g/mol. The Balaban J connectivity index is 1.24. The number of halogens is 1. The molecular weight excluding hydrogens is 375 g/mol. The summed E-state index contributed by atoms with van der Waals surface area (Å²) in [6.07, 6.45) is 0.975. The molecule has 2 aromatic carbocycles. The van der Waals surface area contributed by atoms with Crippen LogP contribution in [-0.2, 0) is 0 Å². The number of thiophene rings is 1. The lowest BCUT2D eigenvalue weighted by Gasteiger charge is -2.35. The molecule has 0 aliphatic carbocycles. The van der Waals surface area contributed by atoms with Crippen molar-refractivity contribution in [3.8, 4) is 11.5 Å². The Bertz CT molecular complexity index is 922. The van der Waals surface area contributed by atoms with E-state index in [0.717, 1.165) is 60.7 Å². The van der Waals surface area contributed by atoms with E-state index in [2.05, 4.69) is 21.2 Å². The van der Waals surface area contributed by atoms with Crippen LogP contribution in [-0.4, -0.2) is 51.3 Å². The molecule has 1 aromatic heterocycles. The summed E-state index contributed by atoms with van der Waals surface area (Å²) in [6.45, 7) is 5.73. The fourth-order valence-electron chi connectivity index (χ4n) is 3.60. The van der Waals surface area contributed by atoms with Crippen molar-refractivity contribution in [2.75, 3.05) is 51.3 Å². The molecule has 0 unspecified atom stereocenters. The first kappa shape index (κ1) is 19.0. The van der Waals surface area contributed by atoms with Gasteiger partial charge in [-0.05, 0) is 42.8 Å². The summed E-state index contributed by atoms with van der Waals surface area (Å²) in [7, 11) is 1.64. The topological polar surface area (TPSA) is 24.9 Å². The van der Waals surface area contributed by atoms with E-state index in [-0.39, 0.29) is 5.82 Å². The number of ether oxygens (including phenoxy) is 2. The van der Waals surface area contributed by atoms with E-state index in [4.69, 9.17) is 9.47 Å². The Labute approximate surface area is 169 Å². The Kier molecular flexibility index (Phi) is 5.98. The zero-order valence-electron chi connectivity index (χ0n) is 16.0. The quantitative estimate of drug-likeness (QED) is 0.549. The molecule has 2 heterocycles. The summed E-state index contributed by atoms with van der Waals surface area (Å²) >= 11 is 1.62. The first-order valence-corrected chi connectivity index (χ1v) is 10.4. The second-order valence-electron chi connectivity index (χ2n) is 6.87. The monoisotopic (exact) mass is 399 g/mol. The van der Waals surface area contributed by atoms with Gasteiger partial charge in [0.2, 0.25) is 0 Å². The summed E-state index contributed by atoms with van der Waals surface area (Å²) in [4.78, 5) is 4.89. The molecule has 1 radical (unpaired) electrons. The van der Waals surface area contributed by atoms with Crippen LogP contribution in [0.4, 0.5) is 10.1 Å². The Hall–Kier alpha value is -2.31. The number of benzene rings is 2. The standard InChI is InChI=1S/C22H24FN2O2S/c1-26-20-5-2-3-6-21(20)27-14-4-9-24-10-12-25(13-11-24)19-16-28-22-15-17(23)7-8-18(19)22/h3,5-8,15-16H,4,9-14H2,1H3. The van der Waals surface area contributed by atoms with Crippen LogP contribution in [0.15, 0.2) is 41.8 Å². The van der Waals surface area contributed by atoms with Crippen LogP contribution in [0.3, 0.4) is 0 Å². The van der Waals surface area contributed by atoms with E-state index < -0.39 is 0 Å². The molecular formula is C22H24FN2O2S. The maximum atomic E-state index is 13.4. The smallest absolute Gasteiger partial charge is 0.161 e. The van der Waals surface area contributed by atoms with E-state index in [0.29, 0.717) is 6.61 Å². The molecule has 0 bridgehead atoms. The molecule has 1 aliphatic heterocycles. The van der Waals surface area contributed by atoms with Gasteiger partial charge < -0.3 is 14.4 Å². The minimum Gasteiger partial charge on any atom is -0.493 e. The van der Waals surface area contributed by atoms with Gasteiger partial charge in [-0.3, -0.25) is 4.90 Å². The molecule has 0 N–H and O–H groups in total. The van der Waals surface area contributed by atoms with Crippen molar-refractivity contribution in [3.05, 3.63) is 53.7 Å². The third-order valence-corrected chi connectivity index (χ3v) is 6.05. The van der Waals surface area contributed by atoms with Gasteiger partial charge in [-0.1, -0.05) is 6.07 Å². The number of fused-ring (bicyclic) bond motifs is 1. The molecule has 0 spiro atoms. The summed E-state index contributed by atoms with van der Waals surface area (Å²) in [6, 6.07) is 13.6. The molecule has 4 nitrogen and oxygen atoms in total. The van der Waals surface area contributed by atoms with Crippen molar-refractivity contribution < 1.29 is 13.9 Å². The molecule has 3 aromatic rings. The second kappa shape index (κ2) is 8.80. The van der Waals surface area contributed by atoms with Crippen molar-refractivity contribution >= 4 is 27.1 Å². The SMILES string of the molecule is COc1c[c]ccc1OCCCN1CCN(c2csc3cc(F)ccc23)CC1. The lowest BCUT2D eigenvalue weighted by atomic mass is 10.2. The van der Waals surface area contributed by atoms with Gasteiger partial charge in [-0.25, -0.2) is 4.39 Å². The largest absolute Gasteiger partial charge is 0.493 e. The van der Waals surface area contributed by atoms with Gasteiger partial charge in [-0.15, -0.1) is 11.3 Å². The van der Waals surface area contributed by atoms with Gasteiger partial charge in [0.15, 0.2) is 11.5 Å². The summed E-state index contributed by atoms with van der Waals surface area (Å²) in [5.74, 6) is 1.32. The highest BCUT2D eigenvalue weighted by Crippen LogP contribution is 2.34. The van der Waals surface area contributed by atoms with Crippen LogP contribution >= 0.6 is 11.3 Å². The van der Waals surface area contributed by atoms with E-state index in [1.54, 1.807) is 36.6 Å². The number of hydrogen-bond acceptors (Lipinski definition) is 5. The van der Waals surface area contributed by atoms with Crippen LogP contribution in [0.2, 0.25) is 0 Å². The van der Waals surface area contributed by atoms with Gasteiger partial charge in [0.25, 0.3) is 0 Å². The summed E-state index contributed by atoms with van der Waals surface area (Å²) in [5.41, 5.74) is 1.23. The van der Waals surface area contributed by atoms with Crippen LogP contribution in [0.5, 0.6) is 11.5 Å². The fourth-order valence-corrected chi connectivity index (χ4v) is 4.59. The maximum Gasteiger partial charge on any atom is 0.161 e. The van der Waals surface area contributed by atoms with E-state index in [9.17, 15) is 4.39 Å². The van der Waals surface area contributed by atoms with Crippen molar-refractivity contribution in [1.82, 2.24) is 4.90 Å². The van der Waals surface area contributed by atoms with Crippen molar-refractivity contribution in [1.29, 1.82) is 0 Å². The number of nitrogens with zero attached hydrogens (tertiary/aromatic N) is 2. The third kappa shape index (κ3) is 4.23. The molecule has 0 saturated carbocycles. The van der Waals surface area contributed by atoms with Gasteiger partial charge in [0.1, 0.15) is 5.82 Å². The zero-order valence-corrected chi connectivity index (χ0v) is 16.8. The van der Waals surface area contributed by atoms with Crippen LogP contribution < -0.4 is 14.4 Å². The van der Waals surface area contributed by atoms with Gasteiger partial charge in [0, 0.05) is 48.2 Å². The highest BCUT2D eigenvalue weighted by atomic mass is 32.1. The minimum atomic E-state index is -0.167. The average Bonchev–Trinajstić information content (AvgIpc) is 3.15. The highest BCUT2D eigenvalue weighted by Gasteiger charge is 2.19. The van der Waals surface area contributed by atoms with Gasteiger partial charge >= 0.3 is 0 Å². The number of methoxy groups -OCH3 is 1. The van der Waals surface area contributed by atoms with Crippen LogP contribution in [0, 0.1) is 11.9 Å². The summed E-state index contributed by atoms with van der Waals surface area (Å²) < 4.78 is 25.6. The maximum absolute atomic E-state index is 13.4. The third-order valence-electron chi connectivity index (χ3n) is 5.11. The summed E-state index contributed by atoms with van der Waals surface area (Å²) in [5, 5.41) is 3.31. The molecule has 1 saturated heterocycles. The predicted octanol–water partition coefficient (Wildman–Crippen LogP) is 4.44. The van der Waals surface area contributed by atoms with Crippen LogP contribution in [0.25, 0.3) is 10.1 Å². The van der Waals surface area contributed by atoms with Crippen molar-refractivity contribution in [3.63, 3.8) is 0 Å². The normalized spacial score (nSPS) is 15.1. The Morgan fingerprint density at radius 3 is 2.82 bits per heavy atom. The number of hydrogen-bond donors (Lipinski definition) is 0. The zero-order chi connectivity index (χ0) is 19.3. The van der Waals surface area contributed by atoms with E-state index in [1.807, 2.05) is 18.2 Å². The molecule has 6 heteroatoms. The number of piperazine rings is 1. The van der Waals surface area contributed by atoms with E-state index >= 15 is 0 Å². The van der Waals surface area contributed by atoms with Crippen LogP contribution in [0.1, 0.15) is 6.42 Å². The second-order valence-corrected chi connectivity index (χ2v) is 7.78. The van der Waals surface area contributed by atoms with Crippen molar-refractivity contribution in [2.24, 2.45) is 0 Å². The lowest BCUT2D eigenvalue weighted by Crippen LogP contribution is -2.46.